The van der Waals surface area contributed by atoms with Crippen molar-refractivity contribution >= 4 is 23.4 Å². The Morgan fingerprint density at radius 3 is 2.67 bits per heavy atom. The number of nitrogens with one attached hydrogen (secondary N) is 1. The Kier molecular flexibility index (Phi) is 5.80. The van der Waals surface area contributed by atoms with Crippen LogP contribution in [0.3, 0.4) is 0 Å². The maximum atomic E-state index is 13.1. The molecule has 1 saturated heterocycles. The summed E-state index contributed by atoms with van der Waals surface area (Å²) in [4.78, 5) is 8.20. The quantitative estimate of drug-likeness (QED) is 0.643. The smallest absolute Gasteiger partial charge is 0.404 e. The van der Waals surface area contributed by atoms with Crippen molar-refractivity contribution in [2.45, 2.75) is 25.1 Å². The highest BCUT2D eigenvalue weighted by molar-refractivity contribution is 6.30. The first-order chi connectivity index (χ1) is 11.4. The summed E-state index contributed by atoms with van der Waals surface area (Å²) in [6, 6.07) is 2.27. The lowest BCUT2D eigenvalue weighted by Crippen LogP contribution is -2.29. The molecule has 1 aliphatic rings. The first-order valence-corrected chi connectivity index (χ1v) is 7.58. The van der Waals surface area contributed by atoms with Crippen LogP contribution in [0, 0.1) is 11.3 Å². The zero-order valence-electron chi connectivity index (χ0n) is 12.6. The van der Waals surface area contributed by atoms with E-state index in [1.807, 2.05) is 0 Å². The SMILES string of the molecule is N#Cc1c(C(F)(F)F)cc(C(C=NC2CCNCC2)=CN)nc1Cl. The normalized spacial score (nSPS) is 17.2. The molecule has 0 spiro atoms. The van der Waals surface area contributed by atoms with Gasteiger partial charge in [0.15, 0.2) is 0 Å². The second-order valence-electron chi connectivity index (χ2n) is 5.21. The lowest BCUT2D eigenvalue weighted by atomic mass is 10.1. The van der Waals surface area contributed by atoms with Gasteiger partial charge in [-0.05, 0) is 32.0 Å². The third kappa shape index (κ3) is 4.24. The van der Waals surface area contributed by atoms with Crippen LogP contribution in [0.15, 0.2) is 17.3 Å². The molecule has 0 radical (unpaired) electrons. The summed E-state index contributed by atoms with van der Waals surface area (Å²) in [5.41, 5.74) is 3.79. The molecule has 2 heterocycles. The van der Waals surface area contributed by atoms with E-state index in [1.165, 1.54) is 12.3 Å². The Balaban J connectivity index is 2.37. The van der Waals surface area contributed by atoms with Gasteiger partial charge in [-0.25, -0.2) is 4.98 Å². The zero-order valence-corrected chi connectivity index (χ0v) is 13.3. The third-order valence-corrected chi connectivity index (χ3v) is 3.87. The van der Waals surface area contributed by atoms with Crippen LogP contribution in [-0.4, -0.2) is 30.3 Å². The van der Waals surface area contributed by atoms with Crippen molar-refractivity contribution in [1.29, 1.82) is 5.26 Å². The molecule has 0 saturated carbocycles. The molecule has 0 unspecified atom stereocenters. The van der Waals surface area contributed by atoms with Crippen molar-refractivity contribution in [2.75, 3.05) is 13.1 Å². The van der Waals surface area contributed by atoms with E-state index >= 15 is 0 Å². The van der Waals surface area contributed by atoms with E-state index in [0.717, 1.165) is 38.2 Å². The Labute approximate surface area is 142 Å². The van der Waals surface area contributed by atoms with Crippen LogP contribution >= 0.6 is 11.6 Å². The lowest BCUT2D eigenvalue weighted by Gasteiger charge is -2.18. The van der Waals surface area contributed by atoms with Gasteiger partial charge in [0.2, 0.25) is 0 Å². The summed E-state index contributed by atoms with van der Waals surface area (Å²) in [5.74, 6) is 0. The monoisotopic (exact) mass is 357 g/mol. The predicted molar refractivity (Wildman–Crippen MR) is 85.5 cm³/mol. The largest absolute Gasteiger partial charge is 0.417 e. The number of pyridine rings is 1. The molecule has 2 rings (SSSR count). The molecule has 3 N–H and O–H groups in total. The standard InChI is InChI=1S/C15H15ClF3N5/c16-14-11(7-21)12(15(17,18)19)5-13(24-14)9(6-20)8-23-10-1-3-22-4-2-10/h5-6,8,10,22H,1-4,20H2. The molecule has 1 fully saturated rings. The minimum Gasteiger partial charge on any atom is -0.404 e. The molecule has 5 nitrogen and oxygen atoms in total. The first-order valence-electron chi connectivity index (χ1n) is 7.20. The molecule has 0 aliphatic carbocycles. The second-order valence-corrected chi connectivity index (χ2v) is 5.57. The van der Waals surface area contributed by atoms with E-state index in [0.29, 0.717) is 0 Å². The fourth-order valence-electron chi connectivity index (χ4n) is 2.33. The number of nitriles is 1. The number of hydrogen-bond acceptors (Lipinski definition) is 5. The Morgan fingerprint density at radius 2 is 2.12 bits per heavy atom. The topological polar surface area (TPSA) is 87.1 Å². The number of aromatic nitrogens is 1. The van der Waals surface area contributed by atoms with Crippen molar-refractivity contribution in [3.8, 4) is 6.07 Å². The van der Waals surface area contributed by atoms with Gasteiger partial charge in [0.1, 0.15) is 16.8 Å². The Morgan fingerprint density at radius 1 is 1.46 bits per heavy atom. The minimum absolute atomic E-state index is 0.0773. The van der Waals surface area contributed by atoms with Crippen molar-refractivity contribution in [3.05, 3.63) is 34.2 Å². The summed E-state index contributed by atoms with van der Waals surface area (Å²) in [7, 11) is 0. The van der Waals surface area contributed by atoms with Gasteiger partial charge in [0.05, 0.1) is 17.3 Å². The maximum Gasteiger partial charge on any atom is 0.417 e. The molecule has 1 aliphatic heterocycles. The summed E-state index contributed by atoms with van der Waals surface area (Å²) >= 11 is 5.74. The second kappa shape index (κ2) is 7.64. The van der Waals surface area contributed by atoms with E-state index in [-0.39, 0.29) is 17.3 Å². The molecule has 1 aromatic heterocycles. The Bertz CT molecular complexity index is 700. The number of aliphatic imine (C=N–C) groups is 1. The number of rotatable bonds is 3. The van der Waals surface area contributed by atoms with Gasteiger partial charge < -0.3 is 11.1 Å². The average molecular weight is 358 g/mol. The molecular weight excluding hydrogens is 343 g/mol. The Hall–Kier alpha value is -2.11. The highest BCUT2D eigenvalue weighted by atomic mass is 35.5. The van der Waals surface area contributed by atoms with Crippen molar-refractivity contribution in [1.82, 2.24) is 10.3 Å². The number of nitrogens with zero attached hydrogens (tertiary/aromatic N) is 3. The van der Waals surface area contributed by atoms with Crippen LogP contribution in [0.1, 0.15) is 29.7 Å². The maximum absolute atomic E-state index is 13.1. The number of allylic oxidation sites excluding steroid dienone is 1. The number of alkyl halides is 3. The number of halogens is 4. The van der Waals surface area contributed by atoms with E-state index in [4.69, 9.17) is 22.6 Å². The van der Waals surface area contributed by atoms with E-state index in [2.05, 4.69) is 15.3 Å². The van der Waals surface area contributed by atoms with Crippen LogP contribution in [0.2, 0.25) is 5.15 Å². The summed E-state index contributed by atoms with van der Waals surface area (Å²) in [6.45, 7) is 1.67. The van der Waals surface area contributed by atoms with Gasteiger partial charge in [-0.1, -0.05) is 11.6 Å². The summed E-state index contributed by atoms with van der Waals surface area (Å²) in [6.07, 6.45) is -0.526. The van der Waals surface area contributed by atoms with E-state index in [9.17, 15) is 13.2 Å². The first kappa shape index (κ1) is 18.2. The summed E-state index contributed by atoms with van der Waals surface area (Å²) < 4.78 is 39.3. The van der Waals surface area contributed by atoms with Crippen LogP contribution in [-0.2, 0) is 6.18 Å². The molecule has 0 bridgehead atoms. The molecule has 24 heavy (non-hydrogen) atoms. The van der Waals surface area contributed by atoms with Crippen molar-refractivity contribution in [3.63, 3.8) is 0 Å². The number of nitrogens with two attached hydrogens (primary N) is 1. The molecule has 1 aromatic rings. The highest BCUT2D eigenvalue weighted by Crippen LogP contribution is 2.35. The number of hydrogen-bond donors (Lipinski definition) is 2. The van der Waals surface area contributed by atoms with Crippen LogP contribution in [0.4, 0.5) is 13.2 Å². The van der Waals surface area contributed by atoms with Gasteiger partial charge in [-0.3, -0.25) is 4.99 Å². The molecule has 0 atom stereocenters. The molecule has 0 aromatic carbocycles. The molecule has 0 amide bonds. The highest BCUT2D eigenvalue weighted by Gasteiger charge is 2.35. The summed E-state index contributed by atoms with van der Waals surface area (Å²) in [5, 5.41) is 11.6. The van der Waals surface area contributed by atoms with E-state index < -0.39 is 22.5 Å². The van der Waals surface area contributed by atoms with Crippen LogP contribution in [0.25, 0.3) is 5.57 Å². The van der Waals surface area contributed by atoms with Gasteiger partial charge in [-0.2, -0.15) is 18.4 Å². The van der Waals surface area contributed by atoms with Gasteiger partial charge in [-0.15, -0.1) is 0 Å². The van der Waals surface area contributed by atoms with Crippen LogP contribution < -0.4 is 11.1 Å². The third-order valence-electron chi connectivity index (χ3n) is 3.60. The zero-order chi connectivity index (χ0) is 17.7. The molecule has 128 valence electrons. The average Bonchev–Trinajstić information content (AvgIpc) is 2.55. The van der Waals surface area contributed by atoms with Crippen molar-refractivity contribution in [2.24, 2.45) is 10.7 Å². The van der Waals surface area contributed by atoms with Gasteiger partial charge in [0, 0.05) is 18.0 Å². The lowest BCUT2D eigenvalue weighted by molar-refractivity contribution is -0.137. The minimum atomic E-state index is -4.72. The van der Waals surface area contributed by atoms with E-state index in [1.54, 1.807) is 0 Å². The van der Waals surface area contributed by atoms with Gasteiger partial charge >= 0.3 is 6.18 Å². The molecule has 9 heteroatoms. The fourth-order valence-corrected chi connectivity index (χ4v) is 2.56. The predicted octanol–water partition coefficient (Wildman–Crippen LogP) is 2.75. The van der Waals surface area contributed by atoms with Gasteiger partial charge in [0.25, 0.3) is 0 Å². The van der Waals surface area contributed by atoms with Crippen molar-refractivity contribution < 1.29 is 13.2 Å². The molecular formula is C15H15ClF3N5. The number of piperidine rings is 1. The fraction of sp³-hybridized carbons (Fsp3) is 0.400. The van der Waals surface area contributed by atoms with Crippen LogP contribution in [0.5, 0.6) is 0 Å².